The van der Waals surface area contributed by atoms with E-state index in [1.165, 1.54) is 11.1 Å². The summed E-state index contributed by atoms with van der Waals surface area (Å²) in [7, 11) is 0. The van der Waals surface area contributed by atoms with Gasteiger partial charge in [0, 0.05) is 11.1 Å². The van der Waals surface area contributed by atoms with Crippen molar-refractivity contribution in [3.05, 3.63) is 59.8 Å². The van der Waals surface area contributed by atoms with E-state index in [4.69, 9.17) is 0 Å². The number of rotatable bonds is 2. The Morgan fingerprint density at radius 1 is 1.25 bits per heavy atom. The molecule has 0 amide bonds. The third-order valence-electron chi connectivity index (χ3n) is 2.39. The van der Waals surface area contributed by atoms with Crippen LogP contribution >= 0.6 is 0 Å². The zero-order chi connectivity index (χ0) is 16.0. The van der Waals surface area contributed by atoms with Crippen molar-refractivity contribution in [2.45, 2.75) is 54.4 Å². The Morgan fingerprint density at radius 2 is 1.85 bits per heavy atom. The highest BCUT2D eigenvalue weighted by Crippen LogP contribution is 2.16. The molecule has 20 heavy (non-hydrogen) atoms. The molecule has 0 saturated heterocycles. The van der Waals surface area contributed by atoms with Gasteiger partial charge in [-0.2, -0.15) is 0 Å². The van der Waals surface area contributed by atoms with Crippen LogP contribution in [0.4, 0.5) is 0 Å². The first kappa shape index (κ1) is 20.6. The molecule has 1 aliphatic rings. The van der Waals surface area contributed by atoms with Crippen LogP contribution in [0.2, 0.25) is 0 Å². The summed E-state index contributed by atoms with van der Waals surface area (Å²) in [5, 5.41) is 0. The van der Waals surface area contributed by atoms with Crippen LogP contribution < -0.4 is 0 Å². The zero-order valence-electron chi connectivity index (χ0n) is 14.1. The van der Waals surface area contributed by atoms with Crippen molar-refractivity contribution in [2.75, 3.05) is 0 Å². The number of allylic oxidation sites excluding steroid dienone is 8. The molecule has 0 aromatic rings. The summed E-state index contributed by atoms with van der Waals surface area (Å²) in [5.41, 5.74) is 4.43. The second-order valence-corrected chi connectivity index (χ2v) is 4.02. The number of hydrogen-bond donors (Lipinski definition) is 0. The Labute approximate surface area is 126 Å². The molecule has 0 heterocycles. The molecule has 0 nitrogen and oxygen atoms in total. The first-order chi connectivity index (χ1) is 9.61. The lowest BCUT2D eigenvalue weighted by Gasteiger charge is -2.04. The summed E-state index contributed by atoms with van der Waals surface area (Å²) in [4.78, 5) is 0. The normalized spacial score (nSPS) is 13.0. The van der Waals surface area contributed by atoms with Crippen LogP contribution in [-0.4, -0.2) is 0 Å². The lowest BCUT2D eigenvalue weighted by Crippen LogP contribution is -1.87. The molecule has 110 valence electrons. The predicted octanol–water partition coefficient (Wildman–Crippen LogP) is 6.40. The van der Waals surface area contributed by atoms with E-state index < -0.39 is 0 Å². The van der Waals surface area contributed by atoms with Crippen LogP contribution in [0.1, 0.15) is 54.4 Å². The van der Waals surface area contributed by atoms with Gasteiger partial charge in [-0.15, -0.1) is 0 Å². The minimum atomic E-state index is 0.838. The van der Waals surface area contributed by atoms with E-state index in [0.717, 1.165) is 24.0 Å². The third kappa shape index (κ3) is 10.2. The molecule has 0 aromatic carbocycles. The van der Waals surface area contributed by atoms with Crippen LogP contribution in [0, 0.1) is 11.8 Å². The Hall–Kier alpha value is -1.74. The van der Waals surface area contributed by atoms with E-state index in [9.17, 15) is 0 Å². The molecule has 0 spiro atoms. The van der Waals surface area contributed by atoms with Gasteiger partial charge in [0.15, 0.2) is 0 Å². The highest BCUT2D eigenvalue weighted by Gasteiger charge is 1.98. The van der Waals surface area contributed by atoms with Gasteiger partial charge in [-0.1, -0.05) is 76.0 Å². The Bertz CT molecular complexity index is 442. The average molecular weight is 270 g/mol. The molecule has 0 heteroatoms. The summed E-state index contributed by atoms with van der Waals surface area (Å²) in [6.07, 6.45) is 10.3. The molecule has 0 radical (unpaired) electrons. The summed E-state index contributed by atoms with van der Waals surface area (Å²) in [6.45, 7) is 19.7. The van der Waals surface area contributed by atoms with E-state index in [-0.39, 0.29) is 0 Å². The SMILES string of the molecule is C=C/C(C)=C\C(=C)C#CC1=CC(C)=CCC1.CC.CC. The van der Waals surface area contributed by atoms with Gasteiger partial charge in [-0.3, -0.25) is 0 Å². The highest BCUT2D eigenvalue weighted by molar-refractivity contribution is 5.46. The van der Waals surface area contributed by atoms with Crippen molar-refractivity contribution < 1.29 is 0 Å². The second kappa shape index (κ2) is 13.7. The Kier molecular flexibility index (Phi) is 14.1. The molecule has 0 aromatic heterocycles. The highest BCUT2D eigenvalue weighted by atomic mass is 14.0. The first-order valence-electron chi connectivity index (χ1n) is 7.51. The number of hydrogen-bond acceptors (Lipinski definition) is 0. The molecular formula is C20H30. The van der Waals surface area contributed by atoms with Gasteiger partial charge in [0.2, 0.25) is 0 Å². The van der Waals surface area contributed by atoms with Gasteiger partial charge >= 0.3 is 0 Å². The zero-order valence-corrected chi connectivity index (χ0v) is 14.1. The molecule has 0 bridgehead atoms. The van der Waals surface area contributed by atoms with Gasteiger partial charge in [0.05, 0.1) is 0 Å². The summed E-state index contributed by atoms with van der Waals surface area (Å²) in [6, 6.07) is 0. The minimum Gasteiger partial charge on any atom is -0.0988 e. The first-order valence-corrected chi connectivity index (χ1v) is 7.51. The van der Waals surface area contributed by atoms with Crippen LogP contribution in [0.15, 0.2) is 59.8 Å². The van der Waals surface area contributed by atoms with E-state index in [0.29, 0.717) is 0 Å². The van der Waals surface area contributed by atoms with E-state index in [2.05, 4.69) is 44.1 Å². The van der Waals surface area contributed by atoms with Crippen molar-refractivity contribution in [1.29, 1.82) is 0 Å². The quantitative estimate of drug-likeness (QED) is 0.402. The molecule has 1 aliphatic carbocycles. The molecule has 0 fully saturated rings. The average Bonchev–Trinajstić information content (AvgIpc) is 2.49. The topological polar surface area (TPSA) is 0 Å². The van der Waals surface area contributed by atoms with Crippen LogP contribution in [0.3, 0.4) is 0 Å². The second-order valence-electron chi connectivity index (χ2n) is 4.02. The minimum absolute atomic E-state index is 0.838. The molecule has 0 aliphatic heterocycles. The van der Waals surface area contributed by atoms with Gasteiger partial charge in [0.1, 0.15) is 0 Å². The van der Waals surface area contributed by atoms with Crippen molar-refractivity contribution in [3.8, 4) is 11.8 Å². The van der Waals surface area contributed by atoms with E-state index >= 15 is 0 Å². The molecular weight excluding hydrogens is 240 g/mol. The summed E-state index contributed by atoms with van der Waals surface area (Å²) in [5.74, 6) is 6.25. The van der Waals surface area contributed by atoms with Crippen molar-refractivity contribution in [2.24, 2.45) is 0 Å². The monoisotopic (exact) mass is 270 g/mol. The fourth-order valence-corrected chi connectivity index (χ4v) is 1.49. The lowest BCUT2D eigenvalue weighted by molar-refractivity contribution is 0.981. The van der Waals surface area contributed by atoms with Gasteiger partial charge in [-0.25, -0.2) is 0 Å². The van der Waals surface area contributed by atoms with Gasteiger partial charge < -0.3 is 0 Å². The molecule has 0 N–H and O–H groups in total. The molecule has 0 atom stereocenters. The molecule has 0 unspecified atom stereocenters. The smallest absolute Gasteiger partial charge is 0.0179 e. The van der Waals surface area contributed by atoms with Crippen molar-refractivity contribution in [3.63, 3.8) is 0 Å². The van der Waals surface area contributed by atoms with Crippen LogP contribution in [0.5, 0.6) is 0 Å². The standard InChI is InChI=1S/C16H18.2C2H6/c1-5-13(2)11-15(4)9-10-16-8-6-7-14(3)12-16;2*1-2/h5,7,11-12H,1,4,6,8H2,2-3H3;2*1-2H3/b13-11-;;. The maximum atomic E-state index is 3.91. The van der Waals surface area contributed by atoms with E-state index in [1.54, 1.807) is 6.08 Å². The van der Waals surface area contributed by atoms with Crippen molar-refractivity contribution in [1.82, 2.24) is 0 Å². The summed E-state index contributed by atoms with van der Waals surface area (Å²) < 4.78 is 0. The van der Waals surface area contributed by atoms with E-state index in [1.807, 2.05) is 40.7 Å². The lowest BCUT2D eigenvalue weighted by atomic mass is 10.0. The van der Waals surface area contributed by atoms with Crippen LogP contribution in [-0.2, 0) is 0 Å². The third-order valence-corrected chi connectivity index (χ3v) is 2.39. The Morgan fingerprint density at radius 3 is 2.35 bits per heavy atom. The largest absolute Gasteiger partial charge is 0.0988 e. The predicted molar refractivity (Wildman–Crippen MR) is 94.6 cm³/mol. The van der Waals surface area contributed by atoms with Gasteiger partial charge in [0.25, 0.3) is 0 Å². The Balaban J connectivity index is 0. The fourth-order valence-electron chi connectivity index (χ4n) is 1.49. The van der Waals surface area contributed by atoms with Crippen LogP contribution in [0.25, 0.3) is 0 Å². The molecule has 1 rings (SSSR count). The molecule has 0 saturated carbocycles. The summed E-state index contributed by atoms with van der Waals surface area (Å²) >= 11 is 0. The maximum Gasteiger partial charge on any atom is 0.0179 e. The maximum absolute atomic E-state index is 3.91. The van der Waals surface area contributed by atoms with Gasteiger partial charge in [-0.05, 0) is 38.8 Å². The van der Waals surface area contributed by atoms with Crippen molar-refractivity contribution >= 4 is 0 Å². The fraction of sp³-hybridized carbons (Fsp3) is 0.400.